The number of hydrogen-bond acceptors (Lipinski definition) is 4. The van der Waals surface area contributed by atoms with Gasteiger partial charge in [-0.25, -0.2) is 10.2 Å². The fourth-order valence-electron chi connectivity index (χ4n) is 1.89. The monoisotopic (exact) mass is 274 g/mol. The molecule has 0 unspecified atom stereocenters. The van der Waals surface area contributed by atoms with Crippen molar-refractivity contribution in [3.05, 3.63) is 35.9 Å². The van der Waals surface area contributed by atoms with Crippen LogP contribution in [0.25, 0.3) is 10.8 Å². The number of hydrogen-bond donors (Lipinski definition) is 3. The van der Waals surface area contributed by atoms with E-state index in [2.05, 4.69) is 10.9 Å². The minimum absolute atomic E-state index is 0.0962. The summed E-state index contributed by atoms with van der Waals surface area (Å²) in [7, 11) is 1.55. The van der Waals surface area contributed by atoms with Crippen LogP contribution < -0.4 is 15.6 Å². The van der Waals surface area contributed by atoms with E-state index >= 15 is 0 Å². The molecule has 0 spiro atoms. The van der Waals surface area contributed by atoms with Gasteiger partial charge < -0.3 is 9.84 Å². The number of ether oxygens (including phenoxy) is 1. The lowest BCUT2D eigenvalue weighted by Crippen LogP contribution is -2.27. The lowest BCUT2D eigenvalue weighted by Gasteiger charge is -2.12. The molecule has 0 heterocycles. The third-order valence-corrected chi connectivity index (χ3v) is 2.87. The number of carboxylic acid groups (broad SMARTS) is 1. The molecule has 2 aromatic rings. The van der Waals surface area contributed by atoms with Gasteiger partial charge in [0.2, 0.25) is 0 Å². The standard InChI is InChI=1S/C14H14N2O4/c1-8(17)10-5-9-3-4-11(20-2)7-12(9)13(6-10)15-16-14(18)19/h3-7,15-16H,1-2H3,(H,18,19). The fourth-order valence-corrected chi connectivity index (χ4v) is 1.89. The highest BCUT2D eigenvalue weighted by molar-refractivity contribution is 6.04. The van der Waals surface area contributed by atoms with Crippen molar-refractivity contribution in [2.45, 2.75) is 6.92 Å². The van der Waals surface area contributed by atoms with Crippen molar-refractivity contribution >= 4 is 28.3 Å². The number of carbonyl (C=O) groups excluding carboxylic acids is 1. The number of fused-ring (bicyclic) bond motifs is 1. The molecule has 0 radical (unpaired) electrons. The first-order chi connectivity index (χ1) is 9.51. The third-order valence-electron chi connectivity index (χ3n) is 2.87. The number of ketones is 1. The summed E-state index contributed by atoms with van der Waals surface area (Å²) in [5, 5.41) is 10.2. The van der Waals surface area contributed by atoms with Crippen LogP contribution in [0.2, 0.25) is 0 Å². The van der Waals surface area contributed by atoms with E-state index in [9.17, 15) is 9.59 Å². The Morgan fingerprint density at radius 2 is 1.95 bits per heavy atom. The first-order valence-electron chi connectivity index (χ1n) is 5.89. The third kappa shape index (κ3) is 2.80. The average Bonchev–Trinajstić information content (AvgIpc) is 2.43. The molecule has 0 saturated heterocycles. The SMILES string of the molecule is COc1ccc2cc(C(C)=O)cc(NNC(=O)O)c2c1. The van der Waals surface area contributed by atoms with Crippen molar-refractivity contribution < 1.29 is 19.4 Å². The highest BCUT2D eigenvalue weighted by atomic mass is 16.5. The summed E-state index contributed by atoms with van der Waals surface area (Å²) in [5.41, 5.74) is 5.64. The van der Waals surface area contributed by atoms with Crippen molar-refractivity contribution in [1.29, 1.82) is 0 Å². The first kappa shape index (κ1) is 13.7. The lowest BCUT2D eigenvalue weighted by molar-refractivity contribution is 0.101. The molecule has 0 aliphatic rings. The van der Waals surface area contributed by atoms with Crippen molar-refractivity contribution in [2.24, 2.45) is 0 Å². The molecule has 0 atom stereocenters. The molecule has 0 bridgehead atoms. The van der Waals surface area contributed by atoms with Crippen LogP contribution in [0, 0.1) is 0 Å². The molecule has 6 heteroatoms. The van der Waals surface area contributed by atoms with Gasteiger partial charge in [-0.2, -0.15) is 0 Å². The zero-order valence-corrected chi connectivity index (χ0v) is 11.1. The highest BCUT2D eigenvalue weighted by Crippen LogP contribution is 2.29. The van der Waals surface area contributed by atoms with Crippen LogP contribution in [0.1, 0.15) is 17.3 Å². The number of nitrogens with one attached hydrogen (secondary N) is 2. The molecule has 1 amide bonds. The Morgan fingerprint density at radius 3 is 2.55 bits per heavy atom. The van der Waals surface area contributed by atoms with E-state index in [4.69, 9.17) is 9.84 Å². The predicted molar refractivity (Wildman–Crippen MR) is 75.3 cm³/mol. The zero-order chi connectivity index (χ0) is 14.7. The number of hydrazine groups is 1. The number of amides is 1. The van der Waals surface area contributed by atoms with Gasteiger partial charge in [0.15, 0.2) is 5.78 Å². The number of carbonyl (C=O) groups is 2. The number of rotatable bonds is 4. The predicted octanol–water partition coefficient (Wildman–Crippen LogP) is 2.65. The van der Waals surface area contributed by atoms with Gasteiger partial charge >= 0.3 is 6.09 Å². The molecule has 0 aliphatic carbocycles. The van der Waals surface area contributed by atoms with Gasteiger partial charge in [0, 0.05) is 10.9 Å². The van der Waals surface area contributed by atoms with E-state index < -0.39 is 6.09 Å². The van der Waals surface area contributed by atoms with Crippen molar-refractivity contribution in [3.63, 3.8) is 0 Å². The molecule has 104 valence electrons. The molecular weight excluding hydrogens is 260 g/mol. The van der Waals surface area contributed by atoms with Crippen LogP contribution in [0.3, 0.4) is 0 Å². The summed E-state index contributed by atoms with van der Waals surface area (Å²) < 4.78 is 5.15. The maximum Gasteiger partial charge on any atom is 0.423 e. The Hall–Kier alpha value is -2.76. The minimum atomic E-state index is -1.21. The van der Waals surface area contributed by atoms with E-state index in [1.165, 1.54) is 6.92 Å². The molecule has 0 aliphatic heterocycles. The maximum absolute atomic E-state index is 11.5. The highest BCUT2D eigenvalue weighted by Gasteiger charge is 2.09. The van der Waals surface area contributed by atoms with Gasteiger partial charge in [-0.1, -0.05) is 6.07 Å². The topological polar surface area (TPSA) is 87.7 Å². The molecule has 2 rings (SSSR count). The number of benzene rings is 2. The summed E-state index contributed by atoms with van der Waals surface area (Å²) in [4.78, 5) is 22.1. The van der Waals surface area contributed by atoms with Gasteiger partial charge in [0.25, 0.3) is 0 Å². The normalized spacial score (nSPS) is 10.1. The lowest BCUT2D eigenvalue weighted by atomic mass is 10.0. The molecule has 0 fully saturated rings. The van der Waals surface area contributed by atoms with Gasteiger partial charge in [0.05, 0.1) is 12.8 Å². The quantitative estimate of drug-likeness (QED) is 0.589. The largest absolute Gasteiger partial charge is 0.497 e. The van der Waals surface area contributed by atoms with Crippen molar-refractivity contribution in [3.8, 4) is 5.75 Å². The van der Waals surface area contributed by atoms with Crippen molar-refractivity contribution in [2.75, 3.05) is 12.5 Å². The van der Waals surface area contributed by atoms with E-state index in [1.807, 2.05) is 6.07 Å². The van der Waals surface area contributed by atoms with Crippen LogP contribution in [0.4, 0.5) is 10.5 Å². The number of methoxy groups -OCH3 is 1. The Bertz CT molecular complexity index is 682. The Labute approximate surface area is 115 Å². The van der Waals surface area contributed by atoms with Crippen LogP contribution in [0.5, 0.6) is 5.75 Å². The summed E-state index contributed by atoms with van der Waals surface area (Å²) in [6.07, 6.45) is -1.21. The Morgan fingerprint density at radius 1 is 1.20 bits per heavy atom. The minimum Gasteiger partial charge on any atom is -0.497 e. The Balaban J connectivity index is 2.58. The van der Waals surface area contributed by atoms with E-state index in [0.29, 0.717) is 17.0 Å². The van der Waals surface area contributed by atoms with Crippen LogP contribution in [-0.2, 0) is 0 Å². The second-order valence-electron chi connectivity index (χ2n) is 4.22. The molecule has 0 saturated carbocycles. The smallest absolute Gasteiger partial charge is 0.423 e. The molecule has 2 aromatic carbocycles. The summed E-state index contributed by atoms with van der Waals surface area (Å²) in [6, 6.07) is 8.71. The molecule has 3 N–H and O–H groups in total. The Kier molecular flexibility index (Phi) is 3.74. The van der Waals surface area contributed by atoms with Crippen LogP contribution in [0.15, 0.2) is 30.3 Å². The summed E-state index contributed by atoms with van der Waals surface area (Å²) >= 11 is 0. The molecule has 0 aromatic heterocycles. The second-order valence-corrected chi connectivity index (χ2v) is 4.22. The summed E-state index contributed by atoms with van der Waals surface area (Å²) in [6.45, 7) is 1.46. The van der Waals surface area contributed by atoms with Crippen LogP contribution >= 0.6 is 0 Å². The second kappa shape index (κ2) is 5.48. The van der Waals surface area contributed by atoms with Crippen molar-refractivity contribution in [1.82, 2.24) is 5.43 Å². The van der Waals surface area contributed by atoms with E-state index in [1.54, 1.807) is 31.4 Å². The number of Topliss-reactive ketones (excluding diaryl/α,β-unsaturated/α-hetero) is 1. The zero-order valence-electron chi connectivity index (χ0n) is 11.1. The molecule has 20 heavy (non-hydrogen) atoms. The fraction of sp³-hybridized carbons (Fsp3) is 0.143. The average molecular weight is 274 g/mol. The summed E-state index contributed by atoms with van der Waals surface area (Å²) in [5.74, 6) is 0.549. The van der Waals surface area contributed by atoms with Gasteiger partial charge in [-0.15, -0.1) is 0 Å². The van der Waals surface area contributed by atoms with Gasteiger partial charge in [-0.3, -0.25) is 10.2 Å². The van der Waals surface area contributed by atoms with E-state index in [0.717, 1.165) is 10.8 Å². The maximum atomic E-state index is 11.5. The van der Waals surface area contributed by atoms with Crippen LogP contribution in [-0.4, -0.2) is 24.1 Å². The molecular formula is C14H14N2O4. The number of anilines is 1. The van der Waals surface area contributed by atoms with Gasteiger partial charge in [-0.05, 0) is 36.6 Å². The van der Waals surface area contributed by atoms with E-state index in [-0.39, 0.29) is 5.78 Å². The molecule has 6 nitrogen and oxygen atoms in total. The van der Waals surface area contributed by atoms with Gasteiger partial charge in [0.1, 0.15) is 5.75 Å². The first-order valence-corrected chi connectivity index (χ1v) is 5.89.